The van der Waals surface area contributed by atoms with E-state index in [4.69, 9.17) is 4.89 Å². The summed E-state index contributed by atoms with van der Waals surface area (Å²) in [7, 11) is -4.79. The van der Waals surface area contributed by atoms with Gasteiger partial charge in [-0.15, -0.1) is 4.20 Å². The van der Waals surface area contributed by atoms with Crippen LogP contribution in [0.25, 0.3) is 0 Å². The highest BCUT2D eigenvalue weighted by Crippen LogP contribution is 2.44. The van der Waals surface area contributed by atoms with Crippen LogP contribution in [-0.4, -0.2) is 28.7 Å². The molecule has 0 amide bonds. The van der Waals surface area contributed by atoms with Crippen molar-refractivity contribution in [3.8, 4) is 0 Å². The van der Waals surface area contributed by atoms with Gasteiger partial charge in [0.15, 0.2) is 0 Å². The zero-order valence-corrected chi connectivity index (χ0v) is 9.80. The smallest absolute Gasteiger partial charge is 0.360 e. The molecule has 0 aromatic heterocycles. The van der Waals surface area contributed by atoms with Crippen molar-refractivity contribution in [1.29, 1.82) is 0 Å². The predicted octanol–water partition coefficient (Wildman–Crippen LogP) is 2.60. The summed E-state index contributed by atoms with van der Waals surface area (Å²) in [6.45, 7) is 7.04. The van der Waals surface area contributed by atoms with Gasteiger partial charge in [-0.05, 0) is 20.3 Å². The second-order valence-corrected chi connectivity index (χ2v) is 4.06. The Morgan fingerprint density at radius 1 is 1.43 bits per heavy atom. The molecule has 0 aliphatic rings. The van der Waals surface area contributed by atoms with Gasteiger partial charge in [-0.3, -0.25) is 0 Å². The molecule has 4 nitrogen and oxygen atoms in total. The summed E-state index contributed by atoms with van der Waals surface area (Å²) < 4.78 is 26.2. The molecular formula is C8H18FN2O2P. The Morgan fingerprint density at radius 3 is 2.21 bits per heavy atom. The first-order valence-corrected chi connectivity index (χ1v) is 6.31. The molecule has 0 radical (unpaired) electrons. The maximum Gasteiger partial charge on any atom is 0.490 e. The Labute approximate surface area is 84.5 Å². The van der Waals surface area contributed by atoms with Crippen LogP contribution in [0.15, 0.2) is 4.76 Å². The van der Waals surface area contributed by atoms with E-state index in [1.807, 2.05) is 20.8 Å². The fraction of sp³-hybridized carbons (Fsp3) is 0.875. The summed E-state index contributed by atoms with van der Waals surface area (Å²) in [6, 6.07) is 0. The van der Waals surface area contributed by atoms with Crippen LogP contribution in [0.5, 0.6) is 0 Å². The van der Waals surface area contributed by atoms with E-state index in [0.717, 1.165) is 6.42 Å². The van der Waals surface area contributed by atoms with Crippen LogP contribution < -0.4 is 0 Å². The predicted molar refractivity (Wildman–Crippen MR) is 56.2 cm³/mol. The summed E-state index contributed by atoms with van der Waals surface area (Å²) in [5, 5.41) is 0. The Bertz CT molecular complexity index is 235. The van der Waals surface area contributed by atoms with Gasteiger partial charge in [0.2, 0.25) is 0 Å². The van der Waals surface area contributed by atoms with E-state index < -0.39 is 7.83 Å². The number of hydrogen-bond donors (Lipinski definition) is 1. The molecule has 1 atom stereocenters. The van der Waals surface area contributed by atoms with Crippen LogP contribution in [0.4, 0.5) is 4.20 Å². The van der Waals surface area contributed by atoms with Crippen LogP contribution in [0, 0.1) is 0 Å². The monoisotopic (exact) mass is 224 g/mol. The van der Waals surface area contributed by atoms with Crippen molar-refractivity contribution in [2.45, 2.75) is 33.6 Å². The lowest BCUT2D eigenvalue weighted by Gasteiger charge is -2.22. The third kappa shape index (κ3) is 5.35. The van der Waals surface area contributed by atoms with Crippen molar-refractivity contribution in [1.82, 2.24) is 4.90 Å². The molecule has 0 bridgehead atoms. The van der Waals surface area contributed by atoms with E-state index >= 15 is 0 Å². The van der Waals surface area contributed by atoms with Gasteiger partial charge in [0.05, 0.1) is 0 Å². The van der Waals surface area contributed by atoms with Crippen molar-refractivity contribution in [2.75, 3.05) is 13.1 Å². The quantitative estimate of drug-likeness (QED) is 0.443. The maximum atomic E-state index is 12.5. The van der Waals surface area contributed by atoms with Crippen molar-refractivity contribution < 1.29 is 13.7 Å². The summed E-state index contributed by atoms with van der Waals surface area (Å²) in [5.41, 5.74) is 0. The minimum absolute atomic E-state index is 0.380. The molecule has 14 heavy (non-hydrogen) atoms. The van der Waals surface area contributed by atoms with Gasteiger partial charge in [-0.2, -0.15) is 4.76 Å². The first kappa shape index (κ1) is 13.6. The van der Waals surface area contributed by atoms with Gasteiger partial charge in [-0.1, -0.05) is 6.92 Å². The molecule has 6 heteroatoms. The SMILES string of the molecule is CCCC(=NP(=O)(O)F)N(CC)CC. The Morgan fingerprint density at radius 2 is 1.93 bits per heavy atom. The van der Waals surface area contributed by atoms with Crippen LogP contribution in [0.3, 0.4) is 0 Å². The van der Waals surface area contributed by atoms with E-state index in [-0.39, 0.29) is 0 Å². The average Bonchev–Trinajstić information content (AvgIpc) is 2.04. The Balaban J connectivity index is 4.73. The molecule has 0 aliphatic carbocycles. The van der Waals surface area contributed by atoms with Crippen molar-refractivity contribution in [3.63, 3.8) is 0 Å². The first-order chi connectivity index (χ1) is 6.44. The van der Waals surface area contributed by atoms with Crippen LogP contribution in [0.1, 0.15) is 33.6 Å². The van der Waals surface area contributed by atoms with Gasteiger partial charge in [0.1, 0.15) is 5.84 Å². The molecule has 0 fully saturated rings. The number of rotatable bonds is 5. The lowest BCUT2D eigenvalue weighted by molar-refractivity contribution is 0.423. The fourth-order valence-electron chi connectivity index (χ4n) is 1.23. The normalized spacial score (nSPS) is 16.5. The number of hydrogen-bond acceptors (Lipinski definition) is 1. The van der Waals surface area contributed by atoms with E-state index in [2.05, 4.69) is 4.76 Å². The number of nitrogens with zero attached hydrogens (tertiary/aromatic N) is 2. The van der Waals surface area contributed by atoms with Gasteiger partial charge in [0, 0.05) is 19.5 Å². The van der Waals surface area contributed by atoms with E-state index in [1.54, 1.807) is 4.90 Å². The largest absolute Gasteiger partial charge is 0.490 e. The van der Waals surface area contributed by atoms with Crippen molar-refractivity contribution >= 4 is 13.7 Å². The summed E-state index contributed by atoms with van der Waals surface area (Å²) in [6.07, 6.45) is 1.30. The molecular weight excluding hydrogens is 206 g/mol. The molecule has 0 saturated heterocycles. The Kier molecular flexibility index (Phi) is 5.96. The van der Waals surface area contributed by atoms with Gasteiger partial charge in [-0.25, -0.2) is 4.57 Å². The van der Waals surface area contributed by atoms with Crippen molar-refractivity contribution in [3.05, 3.63) is 0 Å². The first-order valence-electron chi connectivity index (χ1n) is 4.81. The molecule has 84 valence electrons. The summed E-state index contributed by atoms with van der Waals surface area (Å²) in [5.74, 6) is 0.380. The van der Waals surface area contributed by atoms with Crippen LogP contribution >= 0.6 is 7.83 Å². The molecule has 0 aliphatic heterocycles. The molecule has 0 aromatic rings. The van der Waals surface area contributed by atoms with Gasteiger partial charge >= 0.3 is 7.83 Å². The standard InChI is InChI=1S/C8H18FN2O2P/c1-4-7-8(10-14(9,12)13)11(5-2)6-3/h4-7H2,1-3H3,(H,12,13). The Hall–Kier alpha value is -0.410. The molecule has 1 unspecified atom stereocenters. The lowest BCUT2D eigenvalue weighted by atomic mass is 10.3. The van der Waals surface area contributed by atoms with E-state index in [1.165, 1.54) is 0 Å². The van der Waals surface area contributed by atoms with Crippen LogP contribution in [0.2, 0.25) is 0 Å². The minimum Gasteiger partial charge on any atom is -0.360 e. The third-order valence-corrected chi connectivity index (χ3v) is 2.32. The molecule has 1 N–H and O–H groups in total. The topological polar surface area (TPSA) is 52.9 Å². The van der Waals surface area contributed by atoms with Gasteiger partial charge < -0.3 is 9.79 Å². The molecule has 0 saturated carbocycles. The highest BCUT2D eigenvalue weighted by atomic mass is 31.2. The van der Waals surface area contributed by atoms with E-state index in [9.17, 15) is 8.76 Å². The van der Waals surface area contributed by atoms with Crippen molar-refractivity contribution in [2.24, 2.45) is 4.76 Å². The zero-order chi connectivity index (χ0) is 11.2. The molecule has 0 aromatic carbocycles. The zero-order valence-electron chi connectivity index (χ0n) is 8.90. The third-order valence-electron chi connectivity index (χ3n) is 1.84. The minimum atomic E-state index is -4.79. The molecule has 0 rings (SSSR count). The van der Waals surface area contributed by atoms with E-state index in [0.29, 0.717) is 25.3 Å². The molecule has 0 heterocycles. The van der Waals surface area contributed by atoms with Crippen LogP contribution in [-0.2, 0) is 4.57 Å². The van der Waals surface area contributed by atoms with Gasteiger partial charge in [0.25, 0.3) is 0 Å². The number of amidine groups is 1. The highest BCUT2D eigenvalue weighted by molar-refractivity contribution is 7.51. The highest BCUT2D eigenvalue weighted by Gasteiger charge is 2.17. The fourth-order valence-corrected chi connectivity index (χ4v) is 1.74. The molecule has 0 spiro atoms. The summed E-state index contributed by atoms with van der Waals surface area (Å²) >= 11 is 0. The second-order valence-electron chi connectivity index (χ2n) is 2.91. The average molecular weight is 224 g/mol. The number of halogens is 1. The second kappa shape index (κ2) is 6.14. The lowest BCUT2D eigenvalue weighted by Crippen LogP contribution is -2.30. The maximum absolute atomic E-state index is 12.5. The summed E-state index contributed by atoms with van der Waals surface area (Å²) in [4.78, 5) is 10.3.